The van der Waals surface area contributed by atoms with Crippen molar-refractivity contribution in [3.05, 3.63) is 0 Å². The number of hydrogen-bond acceptors (Lipinski definition) is 24. The molecule has 20 saturated carbocycles. The molecule has 16 unspecified atom stereocenters. The van der Waals surface area contributed by atoms with E-state index in [0.717, 1.165) is 83.5 Å². The van der Waals surface area contributed by atoms with E-state index in [0.29, 0.717) is 171 Å². The van der Waals surface area contributed by atoms with E-state index in [4.69, 9.17) is 52.1 Å². The summed E-state index contributed by atoms with van der Waals surface area (Å²) in [6, 6.07) is 0. The summed E-state index contributed by atoms with van der Waals surface area (Å²) in [6.07, 6.45) is 26.4. The maximum absolute atomic E-state index is 15.2. The van der Waals surface area contributed by atoms with Crippen LogP contribution >= 0.6 is 0 Å². The van der Waals surface area contributed by atoms with Crippen LogP contribution in [0.15, 0.2) is 0 Å². The number of hydrogen-bond donors (Lipinski definition) is 4. The number of ether oxygens (including phenoxy) is 11. The van der Waals surface area contributed by atoms with Gasteiger partial charge in [-0.25, -0.2) is 14.4 Å². The Morgan fingerprint density at radius 1 is 0.327 bits per heavy atom. The topological polar surface area (TPSA) is 336 Å². The molecule has 0 aliphatic heterocycles. The minimum absolute atomic E-state index is 0.0262. The SMILES string of the molecule is O=C(COC(=O)C1CCCC(OCOCC(COC(=O)C2CCCCC2CC23CC4CC(CC(O)(C4)C2)C3)(COC(=O)C2CCCCC2C(=O)OCC(=O)OC23CC4CC(CC(O)(C4)C2)C3)COC(=O)C2CCCCC2C(=O)OCC(=O)OC23CC4CC(CC(O)(C4)C2)C3)C1)OC12CC3CC(CC(O)(C3)C1)C2. The molecule has 16 atom stereocenters. The van der Waals surface area contributed by atoms with E-state index in [1.54, 1.807) is 0 Å². The van der Waals surface area contributed by atoms with E-state index >= 15 is 4.79 Å². The average molecular weight is 1500 g/mol. The monoisotopic (exact) mass is 1500 g/mol. The van der Waals surface area contributed by atoms with Gasteiger partial charge in [0.25, 0.3) is 0 Å². The lowest BCUT2D eigenvalue weighted by Gasteiger charge is -2.61. The van der Waals surface area contributed by atoms with Crippen molar-refractivity contribution in [1.29, 1.82) is 0 Å². The van der Waals surface area contributed by atoms with E-state index in [1.165, 1.54) is 0 Å². The van der Waals surface area contributed by atoms with Gasteiger partial charge in [-0.1, -0.05) is 44.9 Å². The van der Waals surface area contributed by atoms with E-state index in [2.05, 4.69) is 0 Å². The van der Waals surface area contributed by atoms with Gasteiger partial charge in [0.15, 0.2) is 19.8 Å². The van der Waals surface area contributed by atoms with Crippen LogP contribution in [0.3, 0.4) is 0 Å². The molecule has 107 heavy (non-hydrogen) atoms. The molecule has 0 saturated heterocycles. The maximum atomic E-state index is 15.2. The van der Waals surface area contributed by atoms with Crippen LogP contribution in [-0.4, -0.2) is 173 Å². The molecule has 20 aliphatic rings. The molecule has 4 N–H and O–H groups in total. The van der Waals surface area contributed by atoms with Crippen LogP contribution in [0.25, 0.3) is 0 Å². The molecular formula is C83H118O24. The molecular weight excluding hydrogens is 1380 g/mol. The highest BCUT2D eigenvalue weighted by atomic mass is 16.7. The van der Waals surface area contributed by atoms with Crippen LogP contribution in [-0.2, 0) is 95.3 Å². The molecule has 20 rings (SSSR count). The first-order valence-electron chi connectivity index (χ1n) is 41.8. The first-order chi connectivity index (χ1) is 51.1. The van der Waals surface area contributed by atoms with Gasteiger partial charge >= 0.3 is 53.7 Å². The predicted molar refractivity (Wildman–Crippen MR) is 374 cm³/mol. The fourth-order valence-corrected chi connectivity index (χ4v) is 27.8. The van der Waals surface area contributed by atoms with Crippen molar-refractivity contribution in [1.82, 2.24) is 0 Å². The first-order valence-corrected chi connectivity index (χ1v) is 41.8. The summed E-state index contributed by atoms with van der Waals surface area (Å²) in [5.41, 5.74) is -7.44. The molecule has 0 radical (unpaired) electrons. The van der Waals surface area contributed by atoms with Crippen molar-refractivity contribution in [2.45, 2.75) is 309 Å². The Labute approximate surface area is 627 Å². The van der Waals surface area contributed by atoms with Gasteiger partial charge in [0, 0.05) is 19.3 Å². The predicted octanol–water partition coefficient (Wildman–Crippen LogP) is 9.80. The zero-order chi connectivity index (χ0) is 74.4. The van der Waals surface area contributed by atoms with Gasteiger partial charge in [0.2, 0.25) is 0 Å². The normalized spacial score (nSPS) is 44.1. The minimum atomic E-state index is -1.67. The van der Waals surface area contributed by atoms with E-state index in [-0.39, 0.29) is 73.9 Å². The van der Waals surface area contributed by atoms with Crippen molar-refractivity contribution in [3.8, 4) is 0 Å². The number of carbonyl (C=O) groups excluding carboxylic acids is 9. The second-order valence-corrected chi connectivity index (χ2v) is 39.3. The van der Waals surface area contributed by atoms with Crippen molar-refractivity contribution >= 4 is 53.7 Å². The van der Waals surface area contributed by atoms with E-state index in [9.17, 15) is 58.8 Å². The van der Waals surface area contributed by atoms with Gasteiger partial charge in [-0.15, -0.1) is 0 Å². The Balaban J connectivity index is 0.611. The molecule has 0 spiro atoms. The fourth-order valence-electron chi connectivity index (χ4n) is 27.8. The molecule has 16 bridgehead atoms. The lowest BCUT2D eigenvalue weighted by Crippen LogP contribution is -2.60. The third-order valence-corrected chi connectivity index (χ3v) is 30.0. The average Bonchev–Trinajstić information content (AvgIpc) is 0.747. The Hall–Kier alpha value is -5.01. The number of carbonyl (C=O) groups is 9. The van der Waals surface area contributed by atoms with Crippen LogP contribution in [0, 0.1) is 99.6 Å². The molecule has 0 heterocycles. The van der Waals surface area contributed by atoms with Gasteiger partial charge in [0.1, 0.15) is 43.4 Å². The van der Waals surface area contributed by atoms with Gasteiger partial charge in [0.05, 0.1) is 76.0 Å². The van der Waals surface area contributed by atoms with Crippen LogP contribution in [0.1, 0.15) is 263 Å². The van der Waals surface area contributed by atoms with E-state index < -0.39 is 186 Å². The Bertz CT molecular complexity index is 3210. The quantitative estimate of drug-likeness (QED) is 0.0245. The van der Waals surface area contributed by atoms with Crippen LogP contribution < -0.4 is 0 Å². The smallest absolute Gasteiger partial charge is 0.344 e. The van der Waals surface area contributed by atoms with Crippen molar-refractivity contribution in [2.75, 3.05) is 53.0 Å². The molecule has 0 aromatic rings. The van der Waals surface area contributed by atoms with Gasteiger partial charge in [-0.2, -0.15) is 0 Å². The number of rotatable bonds is 28. The Morgan fingerprint density at radius 3 is 1.05 bits per heavy atom. The number of aliphatic hydroxyl groups is 4. The Kier molecular flexibility index (Phi) is 21.2. The van der Waals surface area contributed by atoms with Crippen LogP contribution in [0.4, 0.5) is 0 Å². The zero-order valence-electron chi connectivity index (χ0n) is 62.8. The highest BCUT2D eigenvalue weighted by Gasteiger charge is 2.64. The second-order valence-electron chi connectivity index (χ2n) is 39.3. The molecule has 20 fully saturated rings. The second kappa shape index (κ2) is 29.8. The molecule has 0 amide bonds. The highest BCUT2D eigenvalue weighted by Crippen LogP contribution is 2.66. The molecule has 20 aliphatic carbocycles. The third kappa shape index (κ3) is 16.8. The maximum Gasteiger partial charge on any atom is 0.344 e. The summed E-state index contributed by atoms with van der Waals surface area (Å²) in [7, 11) is 0. The summed E-state index contributed by atoms with van der Waals surface area (Å²) >= 11 is 0. The van der Waals surface area contributed by atoms with Crippen molar-refractivity contribution in [2.24, 2.45) is 99.6 Å². The van der Waals surface area contributed by atoms with Gasteiger partial charge in [-0.3, -0.25) is 28.8 Å². The molecule has 24 nitrogen and oxygen atoms in total. The Morgan fingerprint density at radius 2 is 0.664 bits per heavy atom. The summed E-state index contributed by atoms with van der Waals surface area (Å²) in [5, 5.41) is 45.8. The van der Waals surface area contributed by atoms with Crippen LogP contribution in [0.5, 0.6) is 0 Å². The summed E-state index contributed by atoms with van der Waals surface area (Å²) < 4.78 is 67.3. The lowest BCUT2D eigenvalue weighted by atomic mass is 9.46. The number of esters is 9. The van der Waals surface area contributed by atoms with Gasteiger partial charge < -0.3 is 72.5 Å². The van der Waals surface area contributed by atoms with Crippen molar-refractivity contribution < 1.29 is 116 Å². The largest absolute Gasteiger partial charge is 0.464 e. The van der Waals surface area contributed by atoms with Crippen molar-refractivity contribution in [3.63, 3.8) is 0 Å². The lowest BCUT2D eigenvalue weighted by molar-refractivity contribution is -0.223. The molecule has 0 aromatic carbocycles. The van der Waals surface area contributed by atoms with Crippen LogP contribution in [0.2, 0.25) is 0 Å². The van der Waals surface area contributed by atoms with E-state index in [1.807, 2.05) is 0 Å². The minimum Gasteiger partial charge on any atom is -0.464 e. The van der Waals surface area contributed by atoms with Gasteiger partial charge in [-0.05, 0) is 258 Å². The molecule has 0 aromatic heterocycles. The fraction of sp³-hybridized carbons (Fsp3) is 0.892. The third-order valence-electron chi connectivity index (χ3n) is 30.0. The highest BCUT2D eigenvalue weighted by molar-refractivity contribution is 5.85. The summed E-state index contributed by atoms with van der Waals surface area (Å²) in [4.78, 5) is 128. The molecule has 24 heteroatoms. The zero-order valence-corrected chi connectivity index (χ0v) is 62.8. The summed E-state index contributed by atoms with van der Waals surface area (Å²) in [5.74, 6) is -8.88. The summed E-state index contributed by atoms with van der Waals surface area (Å²) in [6.45, 7) is -4.27. The molecule has 594 valence electrons. The first kappa shape index (κ1) is 76.0. The standard InChI is InChI=1S/C83H118O24/c84-66(105-81-31-52-17-53(32-81)26-78(94,25-52)42-81)38-98-69(87)58-9-7-10-60(20-58)104-49-97-45-76(46-101-70(88)61-11-2-1-8-59(61)37-75-21-50-16-51(22-75)24-77(93,23-50)41-75,47-102-73(91)64-14-5-3-12-62(64)71(89)99-39-67(85)106-82-33-54-18-55(34-82)28-79(95,27-54)43-82)48-103-74(92)65-15-6-4-13-63(65)72(90)100-40-68(86)107-83-35-56-19-57(36-83)30-80(96,29-56)44-83/h50-65,93-96H,1-49H2.